The predicted molar refractivity (Wildman–Crippen MR) is 75.3 cm³/mol. The van der Waals surface area contributed by atoms with Crippen LogP contribution in [0, 0.1) is 0 Å². The van der Waals surface area contributed by atoms with Gasteiger partial charge >= 0.3 is 0 Å². The second kappa shape index (κ2) is 6.57. The van der Waals surface area contributed by atoms with Gasteiger partial charge in [-0.3, -0.25) is 4.79 Å². The zero-order valence-corrected chi connectivity index (χ0v) is 12.3. The van der Waals surface area contributed by atoms with E-state index >= 15 is 0 Å². The van der Waals surface area contributed by atoms with E-state index in [1.807, 2.05) is 0 Å². The van der Waals surface area contributed by atoms with Crippen LogP contribution in [0.4, 0.5) is 0 Å². The third-order valence-corrected chi connectivity index (χ3v) is 2.96. The van der Waals surface area contributed by atoms with Crippen LogP contribution < -0.4 is 5.32 Å². The predicted octanol–water partition coefficient (Wildman–Crippen LogP) is 2.30. The molecule has 1 amide bonds. The Morgan fingerprint density at radius 2 is 1.84 bits per heavy atom. The number of rotatable bonds is 5. The molecule has 0 saturated heterocycles. The molecule has 0 unspecified atom stereocenters. The maximum absolute atomic E-state index is 11.7. The van der Waals surface area contributed by atoms with Gasteiger partial charge in [0.25, 0.3) is 0 Å². The van der Waals surface area contributed by atoms with Crippen molar-refractivity contribution in [2.45, 2.75) is 31.9 Å². The van der Waals surface area contributed by atoms with E-state index in [0.29, 0.717) is 15.6 Å². The zero-order valence-electron chi connectivity index (χ0n) is 10.8. The van der Waals surface area contributed by atoms with Crippen molar-refractivity contribution in [1.29, 1.82) is 0 Å². The third-order valence-electron chi connectivity index (χ3n) is 2.52. The number of carbonyl (C=O) groups excluding carboxylic acids is 1. The molecular formula is C13H17Cl2NO3. The van der Waals surface area contributed by atoms with E-state index in [9.17, 15) is 9.90 Å². The average Bonchev–Trinajstić information content (AvgIpc) is 2.26. The van der Waals surface area contributed by atoms with Crippen molar-refractivity contribution in [3.05, 3.63) is 33.8 Å². The molecule has 0 aromatic heterocycles. The smallest absolute Gasteiger partial charge is 0.223 e. The highest BCUT2D eigenvalue weighted by Crippen LogP contribution is 2.25. The monoisotopic (exact) mass is 305 g/mol. The summed E-state index contributed by atoms with van der Waals surface area (Å²) in [6, 6.07) is 4.67. The summed E-state index contributed by atoms with van der Waals surface area (Å²) in [7, 11) is 0. The van der Waals surface area contributed by atoms with E-state index in [1.54, 1.807) is 32.0 Å². The number of amides is 1. The van der Waals surface area contributed by atoms with Crippen LogP contribution in [0.2, 0.25) is 10.0 Å². The second-order valence-corrected chi connectivity index (χ2v) is 5.89. The number of hydrogen-bond acceptors (Lipinski definition) is 3. The van der Waals surface area contributed by atoms with Gasteiger partial charge in [-0.1, -0.05) is 23.2 Å². The maximum Gasteiger partial charge on any atom is 0.223 e. The van der Waals surface area contributed by atoms with Crippen molar-refractivity contribution in [1.82, 2.24) is 5.32 Å². The molecular weight excluding hydrogens is 289 g/mol. The minimum Gasteiger partial charge on any atom is -0.394 e. The molecule has 6 heteroatoms. The molecule has 1 atom stereocenters. The summed E-state index contributed by atoms with van der Waals surface area (Å²) < 4.78 is 0. The fourth-order valence-electron chi connectivity index (χ4n) is 1.53. The molecule has 106 valence electrons. The summed E-state index contributed by atoms with van der Waals surface area (Å²) in [6.45, 7) is 3.19. The minimum atomic E-state index is -0.995. The Kier molecular flexibility index (Phi) is 5.62. The third kappa shape index (κ3) is 5.37. The van der Waals surface area contributed by atoms with Crippen molar-refractivity contribution in [2.75, 3.05) is 6.61 Å². The lowest BCUT2D eigenvalue weighted by molar-refractivity contribution is -0.125. The molecule has 0 spiro atoms. The molecule has 1 aromatic rings. The highest BCUT2D eigenvalue weighted by atomic mass is 35.5. The Morgan fingerprint density at radius 1 is 1.32 bits per heavy atom. The van der Waals surface area contributed by atoms with E-state index in [2.05, 4.69) is 5.32 Å². The summed E-state index contributed by atoms with van der Waals surface area (Å²) in [5, 5.41) is 22.4. The van der Waals surface area contributed by atoms with Crippen LogP contribution >= 0.6 is 23.2 Å². The Morgan fingerprint density at radius 3 is 2.32 bits per heavy atom. The lowest BCUT2D eigenvalue weighted by atomic mass is 10.0. The molecule has 0 aliphatic rings. The molecule has 4 nitrogen and oxygen atoms in total. The Labute approximate surface area is 122 Å². The number of benzene rings is 1. The number of nitrogens with one attached hydrogen (secondary N) is 1. The van der Waals surface area contributed by atoms with Gasteiger partial charge in [-0.2, -0.15) is 0 Å². The molecule has 0 fully saturated rings. The average molecular weight is 306 g/mol. The number of hydrogen-bond donors (Lipinski definition) is 3. The van der Waals surface area contributed by atoms with Gasteiger partial charge in [-0.05, 0) is 37.6 Å². The largest absolute Gasteiger partial charge is 0.394 e. The van der Waals surface area contributed by atoms with Gasteiger partial charge < -0.3 is 15.5 Å². The van der Waals surface area contributed by atoms with Crippen LogP contribution in [0.1, 0.15) is 31.9 Å². The van der Waals surface area contributed by atoms with Crippen LogP contribution in [0.25, 0.3) is 0 Å². The number of aliphatic hydroxyl groups is 2. The molecule has 0 bridgehead atoms. The molecule has 0 aliphatic carbocycles. The van der Waals surface area contributed by atoms with Crippen molar-refractivity contribution >= 4 is 29.1 Å². The van der Waals surface area contributed by atoms with Gasteiger partial charge in [0.05, 0.1) is 24.7 Å². The molecule has 0 radical (unpaired) electrons. The van der Waals surface area contributed by atoms with Crippen LogP contribution in [0.3, 0.4) is 0 Å². The Hall–Kier alpha value is -0.810. The number of aliphatic hydroxyl groups excluding tert-OH is 2. The normalized spacial score (nSPS) is 13.2. The van der Waals surface area contributed by atoms with E-state index in [4.69, 9.17) is 28.3 Å². The zero-order chi connectivity index (χ0) is 14.6. The highest BCUT2D eigenvalue weighted by molar-refractivity contribution is 6.34. The first-order valence-corrected chi connectivity index (χ1v) is 6.55. The van der Waals surface area contributed by atoms with Gasteiger partial charge in [-0.15, -0.1) is 0 Å². The van der Waals surface area contributed by atoms with Gasteiger partial charge in [-0.25, -0.2) is 0 Å². The fourth-order valence-corrected chi connectivity index (χ4v) is 2.07. The summed E-state index contributed by atoms with van der Waals surface area (Å²) in [5.74, 6) is -0.359. The first kappa shape index (κ1) is 16.2. The van der Waals surface area contributed by atoms with Crippen LogP contribution in [-0.2, 0) is 4.79 Å². The van der Waals surface area contributed by atoms with Crippen molar-refractivity contribution in [2.24, 2.45) is 0 Å². The van der Waals surface area contributed by atoms with Crippen LogP contribution in [-0.4, -0.2) is 28.3 Å². The summed E-state index contributed by atoms with van der Waals surface area (Å²) >= 11 is 11.7. The SMILES string of the molecule is CC(C)(CO)NC(=O)C[C@@H](O)c1cc(Cl)cc(Cl)c1. The van der Waals surface area contributed by atoms with Crippen molar-refractivity contribution in [3.8, 4) is 0 Å². The summed E-state index contributed by atoms with van der Waals surface area (Å²) in [4.78, 5) is 11.7. The van der Waals surface area contributed by atoms with Gasteiger partial charge in [0, 0.05) is 10.0 Å². The highest BCUT2D eigenvalue weighted by Gasteiger charge is 2.21. The summed E-state index contributed by atoms with van der Waals surface area (Å²) in [6.07, 6.45) is -1.12. The number of carbonyl (C=O) groups is 1. The topological polar surface area (TPSA) is 69.6 Å². The lowest BCUT2D eigenvalue weighted by Gasteiger charge is -2.24. The van der Waals surface area contributed by atoms with Crippen LogP contribution in [0.5, 0.6) is 0 Å². The maximum atomic E-state index is 11.7. The lowest BCUT2D eigenvalue weighted by Crippen LogP contribution is -2.46. The standard InChI is InChI=1S/C13H17Cl2NO3/c1-13(2,7-17)16-12(19)6-11(18)8-3-9(14)5-10(15)4-8/h3-5,11,17-18H,6-7H2,1-2H3,(H,16,19)/t11-/m1/s1. The fraction of sp³-hybridized carbons (Fsp3) is 0.462. The van der Waals surface area contributed by atoms with E-state index in [-0.39, 0.29) is 18.9 Å². The molecule has 3 N–H and O–H groups in total. The van der Waals surface area contributed by atoms with Crippen LogP contribution in [0.15, 0.2) is 18.2 Å². The van der Waals surface area contributed by atoms with Crippen molar-refractivity contribution < 1.29 is 15.0 Å². The molecule has 0 aliphatic heterocycles. The van der Waals surface area contributed by atoms with E-state index in [1.165, 1.54) is 0 Å². The molecule has 0 heterocycles. The Bertz CT molecular complexity index is 443. The molecule has 1 aromatic carbocycles. The van der Waals surface area contributed by atoms with Gasteiger partial charge in [0.15, 0.2) is 0 Å². The van der Waals surface area contributed by atoms with E-state index < -0.39 is 11.6 Å². The first-order valence-electron chi connectivity index (χ1n) is 5.79. The van der Waals surface area contributed by atoms with Gasteiger partial charge in [0.1, 0.15) is 0 Å². The molecule has 0 saturated carbocycles. The quantitative estimate of drug-likeness (QED) is 0.782. The van der Waals surface area contributed by atoms with Gasteiger partial charge in [0.2, 0.25) is 5.91 Å². The van der Waals surface area contributed by atoms with E-state index in [0.717, 1.165) is 0 Å². The van der Waals surface area contributed by atoms with Crippen molar-refractivity contribution in [3.63, 3.8) is 0 Å². The second-order valence-electron chi connectivity index (χ2n) is 5.01. The number of halogens is 2. The Balaban J connectivity index is 2.69. The summed E-state index contributed by atoms with van der Waals surface area (Å²) in [5.41, 5.74) is -0.238. The first-order chi connectivity index (χ1) is 8.73. The minimum absolute atomic E-state index is 0.125. The molecule has 19 heavy (non-hydrogen) atoms. The molecule has 1 rings (SSSR count).